The molecule has 0 bridgehead atoms. The molecule has 212 valence electrons. The molecule has 4 atom stereocenters. The predicted octanol–water partition coefficient (Wildman–Crippen LogP) is 4.96. The Morgan fingerprint density at radius 1 is 1.21 bits per heavy atom. The third-order valence-corrected chi connectivity index (χ3v) is 7.28. The Morgan fingerprint density at radius 2 is 1.87 bits per heavy atom. The van der Waals surface area contributed by atoms with Crippen LogP contribution in [0.4, 0.5) is 36.4 Å². The molecular weight excluding hydrogens is 539 g/mol. The van der Waals surface area contributed by atoms with Gasteiger partial charge in [0.2, 0.25) is 11.7 Å². The van der Waals surface area contributed by atoms with Gasteiger partial charge >= 0.3 is 6.18 Å². The van der Waals surface area contributed by atoms with E-state index in [1.165, 1.54) is 6.07 Å². The zero-order chi connectivity index (χ0) is 28.9. The lowest BCUT2D eigenvalue weighted by Crippen LogP contribution is -2.47. The van der Waals surface area contributed by atoms with Crippen LogP contribution in [-0.2, 0) is 9.53 Å². The van der Waals surface area contributed by atoms with Crippen LogP contribution < -0.4 is 15.8 Å². The molecular formula is C25H24F7N3O4. The van der Waals surface area contributed by atoms with E-state index in [-0.39, 0.29) is 16.9 Å². The Labute approximate surface area is 217 Å². The maximum atomic E-state index is 14.9. The molecule has 2 heterocycles. The number of carbonyl (C=O) groups is 2. The first-order valence-electron chi connectivity index (χ1n) is 11.8. The van der Waals surface area contributed by atoms with Gasteiger partial charge in [0.05, 0.1) is 6.61 Å². The maximum Gasteiger partial charge on any atom is 0.417 e. The summed E-state index contributed by atoms with van der Waals surface area (Å²) in [5.41, 5.74) is 1.71. The topological polar surface area (TPSA) is 104 Å². The van der Waals surface area contributed by atoms with Crippen molar-refractivity contribution >= 4 is 17.5 Å². The van der Waals surface area contributed by atoms with Crippen molar-refractivity contribution < 1.29 is 49.8 Å². The van der Waals surface area contributed by atoms with Gasteiger partial charge in [0.25, 0.3) is 11.8 Å². The summed E-state index contributed by atoms with van der Waals surface area (Å²) in [6.45, 7) is 1.43. The average Bonchev–Trinajstić information content (AvgIpc) is 3.10. The zero-order valence-corrected chi connectivity index (χ0v) is 20.6. The van der Waals surface area contributed by atoms with Crippen molar-refractivity contribution in [3.63, 3.8) is 0 Å². The largest absolute Gasteiger partial charge is 0.490 e. The zero-order valence-electron chi connectivity index (χ0n) is 20.6. The van der Waals surface area contributed by atoms with Gasteiger partial charge in [-0.15, -0.1) is 0 Å². The van der Waals surface area contributed by atoms with E-state index in [9.17, 15) is 40.3 Å². The highest BCUT2D eigenvalue weighted by molar-refractivity contribution is 5.97. The van der Waals surface area contributed by atoms with Crippen LogP contribution in [0.15, 0.2) is 30.5 Å². The number of nitrogens with two attached hydrogens (primary N) is 1. The monoisotopic (exact) mass is 563 g/mol. The van der Waals surface area contributed by atoms with Crippen LogP contribution in [-0.4, -0.2) is 47.2 Å². The summed E-state index contributed by atoms with van der Waals surface area (Å²) in [6, 6.07) is 3.99. The number of ether oxygens (including phenoxy) is 2. The molecule has 14 heteroatoms. The second kappa shape index (κ2) is 9.96. The van der Waals surface area contributed by atoms with Crippen LogP contribution in [0.5, 0.6) is 5.75 Å². The average molecular weight is 563 g/mol. The molecule has 39 heavy (non-hydrogen) atoms. The molecule has 3 N–H and O–H groups in total. The minimum absolute atomic E-state index is 0.0351. The summed E-state index contributed by atoms with van der Waals surface area (Å²) in [5, 5.41) is 2.34. The molecule has 2 amide bonds. The molecule has 1 saturated heterocycles. The van der Waals surface area contributed by atoms with E-state index in [1.807, 2.05) is 0 Å². The first-order valence-corrected chi connectivity index (χ1v) is 11.8. The van der Waals surface area contributed by atoms with Crippen molar-refractivity contribution in [2.24, 2.45) is 17.6 Å². The van der Waals surface area contributed by atoms with Gasteiger partial charge in [-0.3, -0.25) is 14.6 Å². The molecule has 1 aromatic carbocycles. The number of hydrogen-bond donors (Lipinski definition) is 2. The Hall–Kier alpha value is -3.42. The van der Waals surface area contributed by atoms with E-state index in [0.717, 1.165) is 32.2 Å². The highest BCUT2D eigenvalue weighted by atomic mass is 19.4. The van der Waals surface area contributed by atoms with Crippen molar-refractivity contribution in [2.75, 3.05) is 11.9 Å². The van der Waals surface area contributed by atoms with Crippen LogP contribution in [0.25, 0.3) is 0 Å². The van der Waals surface area contributed by atoms with Crippen molar-refractivity contribution in [2.45, 2.75) is 56.4 Å². The minimum Gasteiger partial charge on any atom is -0.490 e. The molecule has 2 aliphatic rings. The number of primary amides is 1. The molecule has 2 aromatic rings. The number of carbonyl (C=O) groups excluding carboxylic acids is 2. The number of alkyl halides is 5. The molecule has 1 aliphatic heterocycles. The lowest BCUT2D eigenvalue weighted by atomic mass is 9.76. The number of hydrogen-bond acceptors (Lipinski definition) is 5. The van der Waals surface area contributed by atoms with Crippen molar-refractivity contribution in [1.82, 2.24) is 4.98 Å². The fourth-order valence-electron chi connectivity index (χ4n) is 4.94. The van der Waals surface area contributed by atoms with Crippen LogP contribution in [0.2, 0.25) is 0 Å². The highest BCUT2D eigenvalue weighted by Crippen LogP contribution is 2.55. The normalized spacial score (nSPS) is 26.6. The predicted molar refractivity (Wildman–Crippen MR) is 122 cm³/mol. The van der Waals surface area contributed by atoms with Gasteiger partial charge in [0.1, 0.15) is 11.8 Å². The van der Waals surface area contributed by atoms with Crippen LogP contribution in [0.1, 0.15) is 48.7 Å². The minimum atomic E-state index is -4.98. The third kappa shape index (κ3) is 5.38. The van der Waals surface area contributed by atoms with Crippen LogP contribution in [0.3, 0.4) is 0 Å². The number of halogens is 7. The number of nitrogens with one attached hydrogen (secondary N) is 1. The lowest BCUT2D eigenvalue weighted by molar-refractivity contribution is -0.272. The summed E-state index contributed by atoms with van der Waals surface area (Å²) >= 11 is 0. The molecule has 4 rings (SSSR count). The van der Waals surface area contributed by atoms with Crippen molar-refractivity contribution in [1.29, 1.82) is 0 Å². The van der Waals surface area contributed by atoms with E-state index in [1.54, 1.807) is 0 Å². The number of nitrogens with zero attached hydrogens (tertiary/aromatic N) is 1. The Bertz CT molecular complexity index is 1280. The Morgan fingerprint density at radius 3 is 2.46 bits per heavy atom. The third-order valence-electron chi connectivity index (χ3n) is 7.28. The Balaban J connectivity index is 1.71. The molecule has 0 spiro atoms. The standard InChI is InChI=1S/C25H24F7N3O4/c1-11-17(14-3-4-15(26)18(27)19(14)38-10-12-8-24(28,29)9-12)20(39-23(11,2)25(30,31)32)22(37)35-13-5-6-34-16(7-13)21(33)36/h3-7,11-12,17,20H,8-10H2,1-2H3,(H2,33,36)(H,34,35,37)/t11-,17+,20-,23-/m0/s1. The fourth-order valence-corrected chi connectivity index (χ4v) is 4.94. The van der Waals surface area contributed by atoms with E-state index in [0.29, 0.717) is 6.07 Å². The van der Waals surface area contributed by atoms with Gasteiger partial charge in [0.15, 0.2) is 17.2 Å². The first kappa shape index (κ1) is 28.6. The number of anilines is 1. The van der Waals surface area contributed by atoms with Crippen molar-refractivity contribution in [3.05, 3.63) is 53.4 Å². The summed E-state index contributed by atoms with van der Waals surface area (Å²) in [7, 11) is 0. The van der Waals surface area contributed by atoms with Gasteiger partial charge < -0.3 is 20.5 Å². The fraction of sp³-hybridized carbons (Fsp3) is 0.480. The quantitative estimate of drug-likeness (QED) is 0.464. The number of aromatic nitrogens is 1. The molecule has 0 radical (unpaired) electrons. The molecule has 7 nitrogen and oxygen atoms in total. The molecule has 1 aromatic heterocycles. The van der Waals surface area contributed by atoms with Crippen LogP contribution in [0, 0.1) is 23.5 Å². The number of amides is 2. The molecule has 1 saturated carbocycles. The van der Waals surface area contributed by atoms with E-state index >= 15 is 0 Å². The van der Waals surface area contributed by atoms with Crippen molar-refractivity contribution in [3.8, 4) is 5.75 Å². The van der Waals surface area contributed by atoms with Gasteiger partial charge in [-0.05, 0) is 25.1 Å². The van der Waals surface area contributed by atoms with E-state index in [4.69, 9.17) is 15.2 Å². The molecule has 1 aliphatic carbocycles. The first-order chi connectivity index (χ1) is 18.0. The summed E-state index contributed by atoms with van der Waals surface area (Å²) < 4.78 is 109. The summed E-state index contributed by atoms with van der Waals surface area (Å²) in [4.78, 5) is 28.4. The van der Waals surface area contributed by atoms with Gasteiger partial charge in [-0.25, -0.2) is 13.2 Å². The smallest absolute Gasteiger partial charge is 0.417 e. The number of benzene rings is 1. The van der Waals surface area contributed by atoms with Gasteiger partial charge in [-0.1, -0.05) is 13.0 Å². The molecule has 2 fully saturated rings. The maximum absolute atomic E-state index is 14.9. The molecule has 0 unspecified atom stereocenters. The van der Waals surface area contributed by atoms with Gasteiger partial charge in [0, 0.05) is 48.0 Å². The second-order valence-electron chi connectivity index (χ2n) is 9.96. The number of rotatable bonds is 7. The summed E-state index contributed by atoms with van der Waals surface area (Å²) in [6.07, 6.45) is -6.82. The lowest BCUT2D eigenvalue weighted by Gasteiger charge is -2.35. The second-order valence-corrected chi connectivity index (χ2v) is 9.96. The SMILES string of the molecule is C[C@H]1[C@H](c2ccc(F)c(F)c2OCC2CC(F)(F)C2)[C@@H](C(=O)Nc2ccnc(C(N)=O)c2)O[C@]1(C)C(F)(F)F. The van der Waals surface area contributed by atoms with E-state index in [2.05, 4.69) is 10.3 Å². The Kier molecular flexibility index (Phi) is 7.30. The van der Waals surface area contributed by atoms with Crippen LogP contribution >= 0.6 is 0 Å². The van der Waals surface area contributed by atoms with Gasteiger partial charge in [-0.2, -0.15) is 17.6 Å². The number of pyridine rings is 1. The highest BCUT2D eigenvalue weighted by Gasteiger charge is 2.66. The van der Waals surface area contributed by atoms with E-state index < -0.39 is 90.2 Å². The summed E-state index contributed by atoms with van der Waals surface area (Å²) in [5.74, 6) is -12.3.